The van der Waals surface area contributed by atoms with Gasteiger partial charge in [-0.05, 0) is 55.7 Å². The predicted molar refractivity (Wildman–Crippen MR) is 102 cm³/mol. The molecule has 4 rings (SSSR count). The van der Waals surface area contributed by atoms with Crippen molar-refractivity contribution in [3.8, 4) is 0 Å². The quantitative estimate of drug-likeness (QED) is 0.614. The molecule has 1 saturated heterocycles. The molecule has 1 aliphatic heterocycles. The van der Waals surface area contributed by atoms with Gasteiger partial charge in [-0.15, -0.1) is 22.9 Å². The highest BCUT2D eigenvalue weighted by molar-refractivity contribution is 7.19. The summed E-state index contributed by atoms with van der Waals surface area (Å²) in [4.78, 5) is 4.42. The molecule has 2 fully saturated rings. The molecule has 2 heterocycles. The van der Waals surface area contributed by atoms with Crippen LogP contribution in [0.5, 0.6) is 0 Å². The summed E-state index contributed by atoms with van der Waals surface area (Å²) in [6, 6.07) is 11.4. The fraction of sp³-hybridized carbons (Fsp3) is 0.600. The summed E-state index contributed by atoms with van der Waals surface area (Å²) in [5.74, 6) is 1.50. The molecule has 0 bridgehead atoms. The molecule has 0 N–H and O–H groups in total. The Hall–Kier alpha value is -0.570. The van der Waals surface area contributed by atoms with E-state index in [2.05, 4.69) is 35.2 Å². The number of rotatable bonds is 3. The summed E-state index contributed by atoms with van der Waals surface area (Å²) in [5.41, 5.74) is 0.284. The average molecular weight is 348 g/mol. The minimum absolute atomic E-state index is 0.284. The third kappa shape index (κ3) is 2.94. The van der Waals surface area contributed by atoms with Crippen LogP contribution in [0.3, 0.4) is 0 Å². The number of benzene rings is 1. The van der Waals surface area contributed by atoms with Crippen molar-refractivity contribution >= 4 is 33.0 Å². The summed E-state index contributed by atoms with van der Waals surface area (Å²) in [6.07, 6.45) is 9.42. The second kappa shape index (κ2) is 6.74. The zero-order valence-electron chi connectivity index (χ0n) is 13.8. The Labute approximate surface area is 148 Å². The molecule has 1 saturated carbocycles. The molecule has 0 spiro atoms. The van der Waals surface area contributed by atoms with E-state index < -0.39 is 0 Å². The lowest BCUT2D eigenvalue weighted by Crippen LogP contribution is -2.51. The first-order valence-corrected chi connectivity index (χ1v) is 10.5. The van der Waals surface area contributed by atoms with Gasteiger partial charge >= 0.3 is 0 Å². The number of likely N-dealkylation sites (tertiary alicyclic amines) is 1. The van der Waals surface area contributed by atoms with E-state index in [0.29, 0.717) is 5.92 Å². The summed E-state index contributed by atoms with van der Waals surface area (Å²) < 4.78 is 1.44. The van der Waals surface area contributed by atoms with E-state index in [1.807, 2.05) is 11.3 Å². The van der Waals surface area contributed by atoms with E-state index in [9.17, 15) is 0 Å². The molecule has 1 aromatic carbocycles. The zero-order valence-corrected chi connectivity index (χ0v) is 15.3. The van der Waals surface area contributed by atoms with Crippen molar-refractivity contribution in [2.75, 3.05) is 19.0 Å². The molecule has 3 heteroatoms. The average Bonchev–Trinajstić information content (AvgIpc) is 3.07. The Balaban J connectivity index is 1.73. The number of piperidine rings is 1. The number of nitrogens with zero attached hydrogens (tertiary/aromatic N) is 1. The number of alkyl halides is 1. The number of hydrogen-bond acceptors (Lipinski definition) is 2. The van der Waals surface area contributed by atoms with Gasteiger partial charge in [-0.3, -0.25) is 4.90 Å². The Bertz CT molecular complexity index is 625. The molecule has 1 aromatic heterocycles. The molecule has 23 heavy (non-hydrogen) atoms. The number of hydrogen-bond donors (Lipinski definition) is 0. The topological polar surface area (TPSA) is 3.24 Å². The van der Waals surface area contributed by atoms with Gasteiger partial charge in [0.15, 0.2) is 0 Å². The fourth-order valence-electron chi connectivity index (χ4n) is 4.65. The van der Waals surface area contributed by atoms with Gasteiger partial charge in [0.2, 0.25) is 0 Å². The molecular weight excluding hydrogens is 322 g/mol. The number of thiophene rings is 1. The van der Waals surface area contributed by atoms with Gasteiger partial charge in [0.05, 0.1) is 5.54 Å². The zero-order chi connectivity index (χ0) is 15.7. The molecule has 1 nitrogen and oxygen atoms in total. The minimum Gasteiger partial charge on any atom is -0.293 e. The van der Waals surface area contributed by atoms with Crippen molar-refractivity contribution in [3.05, 3.63) is 35.2 Å². The third-order valence-corrected chi connectivity index (χ3v) is 7.65. The molecule has 0 radical (unpaired) electrons. The van der Waals surface area contributed by atoms with Gasteiger partial charge in [0.25, 0.3) is 0 Å². The molecule has 1 atom stereocenters. The maximum absolute atomic E-state index is 6.22. The van der Waals surface area contributed by atoms with Crippen LogP contribution >= 0.6 is 22.9 Å². The van der Waals surface area contributed by atoms with E-state index in [1.54, 1.807) is 4.88 Å². The first-order valence-electron chi connectivity index (χ1n) is 9.12. The van der Waals surface area contributed by atoms with Crippen LogP contribution in [0.4, 0.5) is 0 Å². The molecule has 1 unspecified atom stereocenters. The second-order valence-electron chi connectivity index (χ2n) is 7.35. The van der Waals surface area contributed by atoms with E-state index >= 15 is 0 Å². The van der Waals surface area contributed by atoms with Crippen molar-refractivity contribution in [3.63, 3.8) is 0 Å². The van der Waals surface area contributed by atoms with E-state index in [-0.39, 0.29) is 5.54 Å². The summed E-state index contributed by atoms with van der Waals surface area (Å²) in [5, 5.41) is 1.42. The molecule has 2 aromatic rings. The van der Waals surface area contributed by atoms with Crippen LogP contribution in [0.25, 0.3) is 10.1 Å². The first kappa shape index (κ1) is 15.9. The molecule has 0 amide bonds. The first-order chi connectivity index (χ1) is 11.3. The van der Waals surface area contributed by atoms with Gasteiger partial charge in [-0.2, -0.15) is 0 Å². The third-order valence-electron chi connectivity index (χ3n) is 5.91. The molecule has 2 aliphatic rings. The molecule has 124 valence electrons. The van der Waals surface area contributed by atoms with E-state index in [1.165, 1.54) is 68.1 Å². The fourth-order valence-corrected chi connectivity index (χ4v) is 6.24. The van der Waals surface area contributed by atoms with E-state index in [0.717, 1.165) is 5.88 Å². The Morgan fingerprint density at radius 3 is 2.74 bits per heavy atom. The summed E-state index contributed by atoms with van der Waals surface area (Å²) in [6.45, 7) is 2.44. The van der Waals surface area contributed by atoms with E-state index in [4.69, 9.17) is 11.6 Å². The van der Waals surface area contributed by atoms with Gasteiger partial charge in [-0.25, -0.2) is 0 Å². The maximum atomic E-state index is 6.22. The summed E-state index contributed by atoms with van der Waals surface area (Å²) in [7, 11) is 0. The highest BCUT2D eigenvalue weighted by Gasteiger charge is 2.42. The van der Waals surface area contributed by atoms with Crippen LogP contribution in [0.15, 0.2) is 30.3 Å². The monoisotopic (exact) mass is 347 g/mol. The van der Waals surface area contributed by atoms with Crippen LogP contribution in [-0.4, -0.2) is 23.9 Å². The lowest BCUT2D eigenvalue weighted by Gasteiger charge is -2.49. The largest absolute Gasteiger partial charge is 0.293 e. The molecular formula is C20H26ClNS. The lowest BCUT2D eigenvalue weighted by molar-refractivity contribution is 0.0172. The second-order valence-corrected chi connectivity index (χ2v) is 8.74. The Morgan fingerprint density at radius 1 is 1.13 bits per heavy atom. The Morgan fingerprint density at radius 2 is 1.96 bits per heavy atom. The normalized spacial score (nSPS) is 25.7. The van der Waals surface area contributed by atoms with Gasteiger partial charge in [-0.1, -0.05) is 37.5 Å². The number of fused-ring (bicyclic) bond motifs is 1. The van der Waals surface area contributed by atoms with Crippen molar-refractivity contribution in [2.45, 2.75) is 50.5 Å². The van der Waals surface area contributed by atoms with Gasteiger partial charge in [0.1, 0.15) is 0 Å². The maximum Gasteiger partial charge on any atom is 0.0554 e. The van der Waals surface area contributed by atoms with Crippen LogP contribution < -0.4 is 0 Å². The molecule has 1 aliphatic carbocycles. The van der Waals surface area contributed by atoms with Crippen LogP contribution in [0, 0.1) is 5.92 Å². The standard InChI is InChI=1S/C20H26ClNS/c21-14-16-7-6-12-22(15-16)20(10-4-1-5-11-20)19-13-17-8-2-3-9-18(17)23-19/h2-3,8-9,13,16H,1,4-7,10-12,14-15H2. The predicted octanol–water partition coefficient (Wildman–Crippen LogP) is 6.01. The van der Waals surface area contributed by atoms with Crippen molar-refractivity contribution in [2.24, 2.45) is 5.92 Å². The minimum atomic E-state index is 0.284. The number of halogens is 1. The van der Waals surface area contributed by atoms with Crippen molar-refractivity contribution < 1.29 is 0 Å². The smallest absolute Gasteiger partial charge is 0.0554 e. The van der Waals surface area contributed by atoms with Crippen LogP contribution in [0.2, 0.25) is 0 Å². The lowest BCUT2D eigenvalue weighted by atomic mass is 9.77. The van der Waals surface area contributed by atoms with Crippen LogP contribution in [-0.2, 0) is 5.54 Å². The highest BCUT2D eigenvalue weighted by Crippen LogP contribution is 2.47. The highest BCUT2D eigenvalue weighted by atomic mass is 35.5. The van der Waals surface area contributed by atoms with Gasteiger partial charge < -0.3 is 0 Å². The van der Waals surface area contributed by atoms with Crippen molar-refractivity contribution in [1.29, 1.82) is 0 Å². The van der Waals surface area contributed by atoms with Crippen LogP contribution in [0.1, 0.15) is 49.8 Å². The van der Waals surface area contributed by atoms with Gasteiger partial charge in [0, 0.05) is 22.0 Å². The Kier molecular flexibility index (Phi) is 4.67. The SMILES string of the molecule is ClCC1CCCN(C2(c3cc4ccccc4s3)CCCCC2)C1. The van der Waals surface area contributed by atoms with Crippen molar-refractivity contribution in [1.82, 2.24) is 4.90 Å². The summed E-state index contributed by atoms with van der Waals surface area (Å²) >= 11 is 8.25.